The molecule has 1 aliphatic rings. The number of aromatic hydroxyl groups is 1. The number of phenols is 1. The summed E-state index contributed by atoms with van der Waals surface area (Å²) in [6.45, 7) is 3.95. The molecule has 1 fully saturated rings. The van der Waals surface area contributed by atoms with Crippen LogP contribution in [0, 0.1) is 5.92 Å². The molecule has 0 spiro atoms. The largest absolute Gasteiger partial charge is 0.508 e. The van der Waals surface area contributed by atoms with E-state index in [2.05, 4.69) is 0 Å². The molecule has 5 nitrogen and oxygen atoms in total. The van der Waals surface area contributed by atoms with Gasteiger partial charge in [-0.15, -0.1) is 11.8 Å². The normalized spacial score (nSPS) is 21.8. The Hall–Kier alpha value is -1.69. The van der Waals surface area contributed by atoms with Crippen molar-refractivity contribution in [3.8, 4) is 5.75 Å². The number of hydrogen-bond acceptors (Lipinski definition) is 4. The van der Waals surface area contributed by atoms with Crippen LogP contribution < -0.4 is 0 Å². The quantitative estimate of drug-likeness (QED) is 0.889. The number of carbonyl (C=O) groups excluding carboxylic acids is 1. The predicted molar refractivity (Wildman–Crippen MR) is 81.2 cm³/mol. The summed E-state index contributed by atoms with van der Waals surface area (Å²) >= 11 is 1.50. The summed E-state index contributed by atoms with van der Waals surface area (Å²) in [5, 5.41) is 18.9. The van der Waals surface area contributed by atoms with Crippen molar-refractivity contribution in [2.24, 2.45) is 5.92 Å². The highest BCUT2D eigenvalue weighted by Gasteiger charge is 2.42. The van der Waals surface area contributed by atoms with Crippen LogP contribution in [0.4, 0.5) is 0 Å². The van der Waals surface area contributed by atoms with Gasteiger partial charge in [-0.1, -0.05) is 32.0 Å². The number of phenolic OH excluding ortho intramolecular Hbond substituents is 1. The Kier molecular flexibility index (Phi) is 4.77. The first-order valence-corrected chi connectivity index (χ1v) is 7.89. The molecule has 0 aliphatic carbocycles. The Morgan fingerprint density at radius 3 is 2.62 bits per heavy atom. The van der Waals surface area contributed by atoms with Gasteiger partial charge in [0, 0.05) is 11.3 Å². The molecule has 0 saturated carbocycles. The highest BCUT2D eigenvalue weighted by atomic mass is 32.2. The molecule has 2 rings (SSSR count). The second-order valence-corrected chi connectivity index (χ2v) is 6.58. The van der Waals surface area contributed by atoms with E-state index in [4.69, 9.17) is 0 Å². The van der Waals surface area contributed by atoms with Gasteiger partial charge >= 0.3 is 5.97 Å². The van der Waals surface area contributed by atoms with Gasteiger partial charge in [0.25, 0.3) is 0 Å². The van der Waals surface area contributed by atoms with Crippen molar-refractivity contribution in [3.05, 3.63) is 29.8 Å². The fraction of sp³-hybridized carbons (Fsp3) is 0.467. The number of carboxylic acids is 1. The Morgan fingerprint density at radius 1 is 1.38 bits per heavy atom. The maximum absolute atomic E-state index is 12.5. The smallest absolute Gasteiger partial charge is 0.327 e. The summed E-state index contributed by atoms with van der Waals surface area (Å²) in [4.78, 5) is 25.3. The molecule has 0 radical (unpaired) electrons. The van der Waals surface area contributed by atoms with Gasteiger partial charge in [0.2, 0.25) is 5.91 Å². The molecule has 0 aromatic heterocycles. The molecule has 6 heteroatoms. The Bertz CT molecular complexity index is 546. The minimum Gasteiger partial charge on any atom is -0.508 e. The van der Waals surface area contributed by atoms with Crippen molar-refractivity contribution < 1.29 is 19.8 Å². The lowest BCUT2D eigenvalue weighted by molar-refractivity contribution is -0.149. The van der Waals surface area contributed by atoms with Gasteiger partial charge in [0.15, 0.2) is 0 Å². The highest BCUT2D eigenvalue weighted by molar-refractivity contribution is 8.00. The van der Waals surface area contributed by atoms with Crippen LogP contribution in [0.2, 0.25) is 0 Å². The number of amides is 1. The number of hydrogen-bond donors (Lipinski definition) is 2. The van der Waals surface area contributed by atoms with E-state index < -0.39 is 12.0 Å². The molecule has 21 heavy (non-hydrogen) atoms. The van der Waals surface area contributed by atoms with E-state index in [1.165, 1.54) is 22.7 Å². The molecule has 2 N–H and O–H groups in total. The average Bonchev–Trinajstić information content (AvgIpc) is 2.86. The summed E-state index contributed by atoms with van der Waals surface area (Å²) in [7, 11) is 0. The van der Waals surface area contributed by atoms with E-state index in [1.807, 2.05) is 13.8 Å². The van der Waals surface area contributed by atoms with E-state index >= 15 is 0 Å². The summed E-state index contributed by atoms with van der Waals surface area (Å²) in [5.74, 6) is -0.591. The van der Waals surface area contributed by atoms with Crippen LogP contribution in [0.3, 0.4) is 0 Å². The third-order valence-corrected chi connectivity index (χ3v) is 5.13. The van der Waals surface area contributed by atoms with Crippen molar-refractivity contribution in [2.45, 2.75) is 31.7 Å². The third-order valence-electron chi connectivity index (χ3n) is 3.51. The minimum atomic E-state index is -0.976. The molecule has 1 aromatic carbocycles. The van der Waals surface area contributed by atoms with Crippen LogP contribution >= 0.6 is 11.8 Å². The first-order valence-electron chi connectivity index (χ1n) is 6.84. The van der Waals surface area contributed by atoms with E-state index in [0.717, 1.165) is 0 Å². The van der Waals surface area contributed by atoms with Crippen molar-refractivity contribution >= 4 is 23.6 Å². The van der Waals surface area contributed by atoms with E-state index in [1.54, 1.807) is 18.2 Å². The Labute approximate surface area is 128 Å². The number of carboxylic acid groups (broad SMARTS) is 1. The number of para-hydroxylation sites is 1. The number of nitrogens with zero attached hydrogens (tertiary/aromatic N) is 1. The van der Waals surface area contributed by atoms with Crippen molar-refractivity contribution in [2.75, 3.05) is 5.75 Å². The highest BCUT2D eigenvalue weighted by Crippen LogP contribution is 2.35. The molecule has 2 unspecified atom stereocenters. The fourth-order valence-corrected chi connectivity index (χ4v) is 3.95. The second-order valence-electron chi connectivity index (χ2n) is 5.43. The summed E-state index contributed by atoms with van der Waals surface area (Å²) < 4.78 is 0. The molecule has 1 amide bonds. The van der Waals surface area contributed by atoms with Crippen LogP contribution in [0.25, 0.3) is 0 Å². The van der Waals surface area contributed by atoms with E-state index in [9.17, 15) is 19.8 Å². The van der Waals surface area contributed by atoms with Crippen LogP contribution in [-0.2, 0) is 16.0 Å². The van der Waals surface area contributed by atoms with Crippen LogP contribution in [-0.4, -0.2) is 44.2 Å². The lowest BCUT2D eigenvalue weighted by Crippen LogP contribution is -2.47. The number of benzene rings is 1. The van der Waals surface area contributed by atoms with E-state index in [-0.39, 0.29) is 29.4 Å². The molecule has 1 heterocycles. The third kappa shape index (κ3) is 3.32. The molecule has 1 saturated heterocycles. The summed E-state index contributed by atoms with van der Waals surface area (Å²) in [6.07, 6.45) is 0.0141. The average molecular weight is 309 g/mol. The molecular formula is C15H19NO4S. The SMILES string of the molecule is CC(C)C1SCC(C(=O)O)N1C(=O)Cc1ccccc1O. The topological polar surface area (TPSA) is 77.8 Å². The first kappa shape index (κ1) is 15.7. The van der Waals surface area contributed by atoms with Crippen molar-refractivity contribution in [1.29, 1.82) is 0 Å². The van der Waals surface area contributed by atoms with Crippen LogP contribution in [0.5, 0.6) is 5.75 Å². The standard InChI is InChI=1S/C15H19NO4S/c1-9(2)14-16(11(8-21-14)15(19)20)13(18)7-10-5-3-4-6-12(10)17/h3-6,9,11,14,17H,7-8H2,1-2H3,(H,19,20). The molecule has 114 valence electrons. The number of carbonyl (C=O) groups is 2. The first-order chi connectivity index (χ1) is 9.91. The summed E-state index contributed by atoms with van der Waals surface area (Å²) in [5.41, 5.74) is 0.519. The van der Waals surface area contributed by atoms with Crippen molar-refractivity contribution in [1.82, 2.24) is 4.90 Å². The summed E-state index contributed by atoms with van der Waals surface area (Å²) in [6, 6.07) is 5.84. The molecule has 0 bridgehead atoms. The van der Waals surface area contributed by atoms with Crippen molar-refractivity contribution in [3.63, 3.8) is 0 Å². The van der Waals surface area contributed by atoms with Gasteiger partial charge in [0.05, 0.1) is 11.8 Å². The maximum atomic E-state index is 12.5. The Balaban J connectivity index is 2.21. The van der Waals surface area contributed by atoms with Crippen LogP contribution in [0.1, 0.15) is 19.4 Å². The zero-order chi connectivity index (χ0) is 15.6. The predicted octanol–water partition coefficient (Wildman–Crippen LogP) is 1.95. The van der Waals surface area contributed by atoms with E-state index in [0.29, 0.717) is 11.3 Å². The lowest BCUT2D eigenvalue weighted by Gasteiger charge is -2.29. The van der Waals surface area contributed by atoms with Gasteiger partial charge in [0.1, 0.15) is 11.8 Å². The van der Waals surface area contributed by atoms with Gasteiger partial charge in [-0.3, -0.25) is 4.79 Å². The fourth-order valence-electron chi connectivity index (χ4n) is 2.46. The zero-order valence-electron chi connectivity index (χ0n) is 12.0. The minimum absolute atomic E-state index is 0.0141. The van der Waals surface area contributed by atoms with Crippen LogP contribution in [0.15, 0.2) is 24.3 Å². The lowest BCUT2D eigenvalue weighted by atomic mass is 10.1. The monoisotopic (exact) mass is 309 g/mol. The Morgan fingerprint density at radius 2 is 2.05 bits per heavy atom. The number of rotatable bonds is 4. The molecule has 1 aliphatic heterocycles. The van der Waals surface area contributed by atoms with Gasteiger partial charge < -0.3 is 15.1 Å². The number of thioether (sulfide) groups is 1. The zero-order valence-corrected chi connectivity index (χ0v) is 12.8. The second kappa shape index (κ2) is 6.39. The van der Waals surface area contributed by atoms with Gasteiger partial charge in [-0.25, -0.2) is 4.79 Å². The molecule has 1 aromatic rings. The molecule has 2 atom stereocenters. The molecular weight excluding hydrogens is 290 g/mol. The van der Waals surface area contributed by atoms with Gasteiger partial charge in [-0.05, 0) is 12.0 Å². The maximum Gasteiger partial charge on any atom is 0.327 e. The van der Waals surface area contributed by atoms with Gasteiger partial charge in [-0.2, -0.15) is 0 Å². The number of aliphatic carboxylic acids is 1.